The average Bonchev–Trinajstić information content (AvgIpc) is 2.29. The second-order valence-corrected chi connectivity index (χ2v) is 4.45. The lowest BCUT2D eigenvalue weighted by molar-refractivity contribution is 0.0979. The first kappa shape index (κ1) is 12.9. The summed E-state index contributed by atoms with van der Waals surface area (Å²) < 4.78 is 0. The number of hydrogen-bond donors (Lipinski definition) is 1. The summed E-state index contributed by atoms with van der Waals surface area (Å²) in [7, 11) is 0. The van der Waals surface area contributed by atoms with E-state index in [1.165, 1.54) is 5.56 Å². The lowest BCUT2D eigenvalue weighted by Crippen LogP contribution is -2.03. The van der Waals surface area contributed by atoms with E-state index in [1.807, 2.05) is 24.3 Å². The van der Waals surface area contributed by atoms with Gasteiger partial charge in [0.2, 0.25) is 0 Å². The third-order valence-electron chi connectivity index (χ3n) is 2.76. The average molecular weight is 219 g/mol. The Balaban J connectivity index is 2.56. The van der Waals surface area contributed by atoms with Crippen molar-refractivity contribution in [2.45, 2.75) is 39.0 Å². The van der Waals surface area contributed by atoms with E-state index in [-0.39, 0.29) is 5.78 Å². The number of ketones is 1. The minimum atomic E-state index is 0.226. The number of carbonyl (C=O) groups excluding carboxylic acids is 1. The number of unbranched alkanes of at least 4 members (excludes halogenated alkanes) is 1. The Morgan fingerprint density at radius 1 is 1.19 bits per heavy atom. The minimum Gasteiger partial charge on any atom is -0.330 e. The summed E-state index contributed by atoms with van der Waals surface area (Å²) >= 11 is 0. The zero-order valence-corrected chi connectivity index (χ0v) is 10.2. The summed E-state index contributed by atoms with van der Waals surface area (Å²) in [5.74, 6) is 0.741. The molecule has 2 N–H and O–H groups in total. The molecule has 1 rings (SSSR count). The second kappa shape index (κ2) is 6.44. The van der Waals surface area contributed by atoms with E-state index >= 15 is 0 Å². The third kappa shape index (κ3) is 3.78. The molecule has 1 aromatic rings. The molecule has 0 heterocycles. The summed E-state index contributed by atoms with van der Waals surface area (Å²) in [5.41, 5.74) is 7.49. The van der Waals surface area contributed by atoms with E-state index in [4.69, 9.17) is 5.73 Å². The summed E-state index contributed by atoms with van der Waals surface area (Å²) in [6.07, 6.45) is 2.43. The number of hydrogen-bond acceptors (Lipinski definition) is 2. The van der Waals surface area contributed by atoms with Crippen molar-refractivity contribution in [1.82, 2.24) is 0 Å². The summed E-state index contributed by atoms with van der Waals surface area (Å²) in [5, 5.41) is 0. The summed E-state index contributed by atoms with van der Waals surface area (Å²) in [6, 6.07) is 7.95. The molecule has 0 fully saturated rings. The van der Waals surface area contributed by atoms with E-state index in [0.29, 0.717) is 18.9 Å². The van der Waals surface area contributed by atoms with Crippen LogP contribution in [0.3, 0.4) is 0 Å². The van der Waals surface area contributed by atoms with Gasteiger partial charge in [-0.1, -0.05) is 38.1 Å². The lowest BCUT2D eigenvalue weighted by atomic mass is 9.99. The van der Waals surface area contributed by atoms with Gasteiger partial charge in [-0.15, -0.1) is 0 Å². The van der Waals surface area contributed by atoms with Crippen LogP contribution in [0.5, 0.6) is 0 Å². The highest BCUT2D eigenvalue weighted by Crippen LogP contribution is 2.15. The molecule has 0 unspecified atom stereocenters. The van der Waals surface area contributed by atoms with Gasteiger partial charge in [-0.05, 0) is 30.9 Å². The first-order chi connectivity index (χ1) is 7.65. The van der Waals surface area contributed by atoms with Crippen LogP contribution in [-0.4, -0.2) is 12.3 Å². The molecule has 0 saturated heterocycles. The normalized spacial score (nSPS) is 10.8. The molecule has 0 spiro atoms. The molecule has 16 heavy (non-hydrogen) atoms. The van der Waals surface area contributed by atoms with Gasteiger partial charge in [0.05, 0.1) is 0 Å². The van der Waals surface area contributed by atoms with Crippen LogP contribution >= 0.6 is 0 Å². The van der Waals surface area contributed by atoms with Gasteiger partial charge in [-0.3, -0.25) is 4.79 Å². The topological polar surface area (TPSA) is 43.1 Å². The molecular formula is C14H21NO. The van der Waals surface area contributed by atoms with Crippen molar-refractivity contribution in [1.29, 1.82) is 0 Å². The van der Waals surface area contributed by atoms with Crippen molar-refractivity contribution in [2.75, 3.05) is 6.54 Å². The van der Waals surface area contributed by atoms with Crippen LogP contribution in [0.25, 0.3) is 0 Å². The molecule has 0 bridgehead atoms. The zero-order chi connectivity index (χ0) is 12.0. The Labute approximate surface area is 97.9 Å². The predicted molar refractivity (Wildman–Crippen MR) is 67.8 cm³/mol. The maximum Gasteiger partial charge on any atom is 0.162 e. The molecule has 0 aromatic heterocycles. The molecule has 2 heteroatoms. The van der Waals surface area contributed by atoms with Crippen molar-refractivity contribution >= 4 is 5.78 Å². The van der Waals surface area contributed by atoms with Crippen LogP contribution in [0, 0.1) is 0 Å². The highest BCUT2D eigenvalue weighted by Gasteiger charge is 2.06. The Bertz CT molecular complexity index is 327. The Morgan fingerprint density at radius 2 is 1.81 bits per heavy atom. The third-order valence-corrected chi connectivity index (χ3v) is 2.76. The Morgan fingerprint density at radius 3 is 2.31 bits per heavy atom. The number of nitrogens with two attached hydrogens (primary N) is 1. The van der Waals surface area contributed by atoms with Crippen LogP contribution in [0.15, 0.2) is 24.3 Å². The van der Waals surface area contributed by atoms with Gasteiger partial charge in [0.25, 0.3) is 0 Å². The molecule has 0 aliphatic rings. The van der Waals surface area contributed by atoms with Gasteiger partial charge >= 0.3 is 0 Å². The highest BCUT2D eigenvalue weighted by molar-refractivity contribution is 5.96. The van der Waals surface area contributed by atoms with Crippen molar-refractivity contribution < 1.29 is 4.79 Å². The Kier molecular flexibility index (Phi) is 5.20. The van der Waals surface area contributed by atoms with Crippen LogP contribution in [0.2, 0.25) is 0 Å². The van der Waals surface area contributed by atoms with Gasteiger partial charge in [0, 0.05) is 12.0 Å². The van der Waals surface area contributed by atoms with E-state index in [2.05, 4.69) is 13.8 Å². The monoisotopic (exact) mass is 219 g/mol. The van der Waals surface area contributed by atoms with Crippen LogP contribution in [-0.2, 0) is 0 Å². The number of Topliss-reactive ketones (excluding diaryl/α,β-unsaturated/α-hetero) is 1. The quantitative estimate of drug-likeness (QED) is 0.590. The van der Waals surface area contributed by atoms with Crippen LogP contribution in [0.1, 0.15) is 54.9 Å². The SMILES string of the molecule is CC(C)c1ccc(C(=O)CCCCN)cc1. The van der Waals surface area contributed by atoms with Gasteiger partial charge in [0.1, 0.15) is 0 Å². The van der Waals surface area contributed by atoms with Crippen molar-refractivity contribution in [3.05, 3.63) is 35.4 Å². The van der Waals surface area contributed by atoms with E-state index in [9.17, 15) is 4.79 Å². The fourth-order valence-corrected chi connectivity index (χ4v) is 1.63. The van der Waals surface area contributed by atoms with E-state index in [0.717, 1.165) is 18.4 Å². The lowest BCUT2D eigenvalue weighted by Gasteiger charge is -2.06. The molecule has 0 amide bonds. The molecule has 88 valence electrons. The summed E-state index contributed by atoms with van der Waals surface area (Å²) in [6.45, 7) is 4.97. The number of benzene rings is 1. The largest absolute Gasteiger partial charge is 0.330 e. The van der Waals surface area contributed by atoms with Crippen LogP contribution < -0.4 is 5.73 Å². The van der Waals surface area contributed by atoms with Crippen molar-refractivity contribution in [2.24, 2.45) is 5.73 Å². The molecule has 0 atom stereocenters. The van der Waals surface area contributed by atoms with Crippen LogP contribution in [0.4, 0.5) is 0 Å². The standard InChI is InChI=1S/C14H21NO/c1-11(2)12-6-8-13(9-7-12)14(16)5-3-4-10-15/h6-9,11H,3-5,10,15H2,1-2H3. The minimum absolute atomic E-state index is 0.226. The highest BCUT2D eigenvalue weighted by atomic mass is 16.1. The van der Waals surface area contributed by atoms with Crippen molar-refractivity contribution in [3.8, 4) is 0 Å². The molecule has 0 aliphatic carbocycles. The molecule has 2 nitrogen and oxygen atoms in total. The summed E-state index contributed by atoms with van der Waals surface area (Å²) in [4.78, 5) is 11.8. The number of rotatable bonds is 6. The first-order valence-corrected chi connectivity index (χ1v) is 5.98. The zero-order valence-electron chi connectivity index (χ0n) is 10.2. The first-order valence-electron chi connectivity index (χ1n) is 5.98. The fourth-order valence-electron chi connectivity index (χ4n) is 1.63. The van der Waals surface area contributed by atoms with E-state index in [1.54, 1.807) is 0 Å². The van der Waals surface area contributed by atoms with Gasteiger partial charge in [-0.2, -0.15) is 0 Å². The molecule has 0 saturated carbocycles. The van der Waals surface area contributed by atoms with E-state index < -0.39 is 0 Å². The molecule has 1 aromatic carbocycles. The second-order valence-electron chi connectivity index (χ2n) is 4.45. The fraction of sp³-hybridized carbons (Fsp3) is 0.500. The molecule has 0 aliphatic heterocycles. The number of carbonyl (C=O) groups is 1. The molecule has 0 radical (unpaired) electrons. The maximum absolute atomic E-state index is 11.8. The van der Waals surface area contributed by atoms with Gasteiger partial charge < -0.3 is 5.73 Å². The molecular weight excluding hydrogens is 198 g/mol. The van der Waals surface area contributed by atoms with Gasteiger partial charge in [-0.25, -0.2) is 0 Å². The smallest absolute Gasteiger partial charge is 0.162 e. The predicted octanol–water partition coefficient (Wildman–Crippen LogP) is 3.12. The maximum atomic E-state index is 11.8. The Hall–Kier alpha value is -1.15. The van der Waals surface area contributed by atoms with Crippen molar-refractivity contribution in [3.63, 3.8) is 0 Å². The van der Waals surface area contributed by atoms with Gasteiger partial charge in [0.15, 0.2) is 5.78 Å².